The molecule has 0 aromatic carbocycles. The molecule has 4 heteroatoms. The van der Waals surface area contributed by atoms with Gasteiger partial charge in [-0.15, -0.1) is 0 Å². The van der Waals surface area contributed by atoms with Crippen molar-refractivity contribution in [3.63, 3.8) is 0 Å². The Bertz CT molecular complexity index is 161. The largest absolute Gasteiger partial charge is 0.481 e. The van der Waals surface area contributed by atoms with Crippen molar-refractivity contribution >= 4 is 9.53 Å². The molecular weight excluding hydrogens is 268 g/mol. The second-order valence-corrected chi connectivity index (χ2v) is 6.86. The van der Waals surface area contributed by atoms with Crippen LogP contribution in [-0.2, 0) is 8.85 Å². The molecule has 0 fully saturated rings. The van der Waals surface area contributed by atoms with Crippen molar-refractivity contribution in [2.24, 2.45) is 0 Å². The lowest BCUT2D eigenvalue weighted by atomic mass is 10.1. The molecule has 0 amide bonds. The van der Waals surface area contributed by atoms with E-state index in [-0.39, 0.29) is 0 Å². The normalized spacial score (nSPS) is 11.4. The van der Waals surface area contributed by atoms with Gasteiger partial charge in [-0.2, -0.15) is 0 Å². The zero-order valence-corrected chi connectivity index (χ0v) is 14.9. The Balaban J connectivity index is 3.11. The van der Waals surface area contributed by atoms with Crippen molar-refractivity contribution in [2.45, 2.75) is 90.9 Å². The van der Waals surface area contributed by atoms with Crippen LogP contribution in [0, 0.1) is 0 Å². The van der Waals surface area contributed by atoms with E-state index >= 15 is 0 Å². The van der Waals surface area contributed by atoms with Gasteiger partial charge in [-0.3, -0.25) is 0 Å². The first-order valence-corrected chi connectivity index (χ1v) is 10.2. The highest BCUT2D eigenvalue weighted by Crippen LogP contribution is 2.06. The highest BCUT2D eigenvalue weighted by atomic mass is 28.3. The molecule has 0 spiro atoms. The van der Waals surface area contributed by atoms with Crippen LogP contribution in [0.15, 0.2) is 0 Å². The lowest BCUT2D eigenvalue weighted by Gasteiger charge is -2.10. The molecule has 0 bridgehead atoms. The Morgan fingerprint density at radius 3 is 1.35 bits per heavy atom. The van der Waals surface area contributed by atoms with E-state index in [1.54, 1.807) is 0 Å². The SMILES string of the molecule is CCCCCCCCO[SiH](O)OCCCCCCCC. The minimum Gasteiger partial charge on any atom is -0.392 e. The summed E-state index contributed by atoms with van der Waals surface area (Å²) in [6.45, 7) is 5.78. The molecule has 0 aliphatic rings. The highest BCUT2D eigenvalue weighted by molar-refractivity contribution is 6.34. The summed E-state index contributed by atoms with van der Waals surface area (Å²) in [6, 6.07) is 0. The fourth-order valence-electron chi connectivity index (χ4n) is 2.18. The molecule has 0 rings (SSSR count). The lowest BCUT2D eigenvalue weighted by molar-refractivity contribution is 0.128. The third-order valence-corrected chi connectivity index (χ3v) is 4.56. The molecule has 0 aromatic rings. The van der Waals surface area contributed by atoms with E-state index in [0.717, 1.165) is 12.8 Å². The monoisotopic (exact) mass is 304 g/mol. The Labute approximate surface area is 128 Å². The van der Waals surface area contributed by atoms with Crippen molar-refractivity contribution in [1.29, 1.82) is 0 Å². The van der Waals surface area contributed by atoms with Crippen LogP contribution in [0.5, 0.6) is 0 Å². The van der Waals surface area contributed by atoms with Gasteiger partial charge in [-0.1, -0.05) is 78.1 Å². The van der Waals surface area contributed by atoms with Crippen molar-refractivity contribution in [2.75, 3.05) is 13.2 Å². The minimum absolute atomic E-state index is 0.663. The summed E-state index contributed by atoms with van der Waals surface area (Å²) in [5.74, 6) is 0. The predicted molar refractivity (Wildman–Crippen MR) is 88.0 cm³/mol. The van der Waals surface area contributed by atoms with Crippen LogP contribution in [0.3, 0.4) is 0 Å². The van der Waals surface area contributed by atoms with Gasteiger partial charge in [0, 0.05) is 13.2 Å². The minimum atomic E-state index is -2.33. The molecule has 0 saturated heterocycles. The Hall–Kier alpha value is 0.0969. The van der Waals surface area contributed by atoms with Gasteiger partial charge in [-0.05, 0) is 12.8 Å². The summed E-state index contributed by atoms with van der Waals surface area (Å²) < 4.78 is 10.7. The number of rotatable bonds is 16. The van der Waals surface area contributed by atoms with Gasteiger partial charge in [0.15, 0.2) is 0 Å². The fourth-order valence-corrected chi connectivity index (χ4v) is 3.01. The number of hydrogen-bond donors (Lipinski definition) is 1. The first-order chi connectivity index (χ1) is 9.81. The Morgan fingerprint density at radius 2 is 0.950 bits per heavy atom. The molecule has 20 heavy (non-hydrogen) atoms. The number of hydrogen-bond acceptors (Lipinski definition) is 3. The van der Waals surface area contributed by atoms with Crippen LogP contribution < -0.4 is 0 Å². The highest BCUT2D eigenvalue weighted by Gasteiger charge is 2.08. The second-order valence-electron chi connectivity index (χ2n) is 5.58. The molecule has 0 unspecified atom stereocenters. The van der Waals surface area contributed by atoms with E-state index in [2.05, 4.69) is 13.8 Å². The van der Waals surface area contributed by atoms with Gasteiger partial charge >= 0.3 is 9.53 Å². The topological polar surface area (TPSA) is 38.7 Å². The molecule has 0 saturated carbocycles. The van der Waals surface area contributed by atoms with Gasteiger partial charge in [-0.25, -0.2) is 0 Å². The maximum absolute atomic E-state index is 9.63. The standard InChI is InChI=1S/C16H36O3Si/c1-3-5-7-9-11-13-15-18-20(17)19-16-14-12-10-8-6-4-2/h17,20H,3-16H2,1-2H3. The van der Waals surface area contributed by atoms with E-state index in [9.17, 15) is 4.80 Å². The Kier molecular flexibility index (Phi) is 17.2. The summed E-state index contributed by atoms with van der Waals surface area (Å²) in [5.41, 5.74) is 0. The second kappa shape index (κ2) is 17.1. The summed E-state index contributed by atoms with van der Waals surface area (Å²) in [7, 11) is -2.33. The molecule has 0 aromatic heterocycles. The van der Waals surface area contributed by atoms with Gasteiger partial charge in [0.1, 0.15) is 0 Å². The first kappa shape index (κ1) is 20.1. The lowest BCUT2D eigenvalue weighted by Crippen LogP contribution is -2.23. The molecule has 0 aliphatic heterocycles. The molecular formula is C16H36O3Si. The molecule has 122 valence electrons. The van der Waals surface area contributed by atoms with Gasteiger partial charge in [0.05, 0.1) is 0 Å². The van der Waals surface area contributed by atoms with Crippen LogP contribution in [0.25, 0.3) is 0 Å². The average Bonchev–Trinajstić information content (AvgIpc) is 2.45. The van der Waals surface area contributed by atoms with Gasteiger partial charge in [0.2, 0.25) is 0 Å². The molecule has 0 atom stereocenters. The summed E-state index contributed by atoms with van der Waals surface area (Å²) >= 11 is 0. The molecule has 0 radical (unpaired) electrons. The predicted octanol–water partition coefficient (Wildman–Crippen LogP) is 4.45. The van der Waals surface area contributed by atoms with Crippen molar-refractivity contribution < 1.29 is 13.6 Å². The van der Waals surface area contributed by atoms with Crippen molar-refractivity contribution in [3.8, 4) is 0 Å². The quantitative estimate of drug-likeness (QED) is 0.338. The molecule has 0 aliphatic carbocycles. The third kappa shape index (κ3) is 16.2. The summed E-state index contributed by atoms with van der Waals surface area (Å²) in [4.78, 5) is 9.63. The van der Waals surface area contributed by atoms with Crippen LogP contribution in [0.2, 0.25) is 0 Å². The molecule has 0 heterocycles. The molecule has 3 nitrogen and oxygen atoms in total. The van der Waals surface area contributed by atoms with Gasteiger partial charge < -0.3 is 13.6 Å². The molecule has 1 N–H and O–H groups in total. The smallest absolute Gasteiger partial charge is 0.392 e. The zero-order valence-electron chi connectivity index (χ0n) is 13.7. The summed E-state index contributed by atoms with van der Waals surface area (Å²) in [5, 5.41) is 0. The van der Waals surface area contributed by atoms with Crippen LogP contribution in [-0.4, -0.2) is 27.5 Å². The van der Waals surface area contributed by atoms with Gasteiger partial charge in [0.25, 0.3) is 0 Å². The maximum atomic E-state index is 9.63. The Morgan fingerprint density at radius 1 is 0.600 bits per heavy atom. The van der Waals surface area contributed by atoms with E-state index in [0.29, 0.717) is 13.2 Å². The van der Waals surface area contributed by atoms with E-state index in [4.69, 9.17) is 8.85 Å². The van der Waals surface area contributed by atoms with Crippen molar-refractivity contribution in [3.05, 3.63) is 0 Å². The van der Waals surface area contributed by atoms with E-state index < -0.39 is 9.53 Å². The number of unbranched alkanes of at least 4 members (excludes halogenated alkanes) is 10. The fraction of sp³-hybridized carbons (Fsp3) is 1.00. The maximum Gasteiger partial charge on any atom is 0.481 e. The third-order valence-electron chi connectivity index (χ3n) is 3.52. The van der Waals surface area contributed by atoms with Crippen LogP contribution in [0.1, 0.15) is 90.9 Å². The van der Waals surface area contributed by atoms with Crippen LogP contribution in [0.4, 0.5) is 0 Å². The zero-order chi connectivity index (χ0) is 14.9. The van der Waals surface area contributed by atoms with E-state index in [1.165, 1.54) is 64.2 Å². The first-order valence-electron chi connectivity index (χ1n) is 8.72. The summed E-state index contributed by atoms with van der Waals surface area (Å²) in [6.07, 6.45) is 15.0. The van der Waals surface area contributed by atoms with Crippen molar-refractivity contribution in [1.82, 2.24) is 0 Å². The average molecular weight is 305 g/mol. The van der Waals surface area contributed by atoms with E-state index in [1.807, 2.05) is 0 Å². The van der Waals surface area contributed by atoms with Crippen LogP contribution >= 0.6 is 0 Å².